The Balaban J connectivity index is 2.21. The van der Waals surface area contributed by atoms with E-state index in [1.807, 2.05) is 0 Å². The Morgan fingerprint density at radius 1 is 1.31 bits per heavy atom. The normalized spacial score (nSPS) is 15.5. The van der Waals surface area contributed by atoms with Crippen molar-refractivity contribution in [2.24, 2.45) is 0 Å². The Labute approximate surface area is 76.9 Å². The number of benzene rings is 1. The van der Waals surface area contributed by atoms with E-state index in [0.29, 0.717) is 17.6 Å². The van der Waals surface area contributed by atoms with Gasteiger partial charge >= 0.3 is 0 Å². The average Bonchev–Trinajstić information content (AvgIpc) is 2.92. The second-order valence-corrected chi connectivity index (χ2v) is 3.15. The quantitative estimate of drug-likeness (QED) is 0.772. The lowest BCUT2D eigenvalue weighted by molar-refractivity contribution is 0.281. The van der Waals surface area contributed by atoms with E-state index < -0.39 is 0 Å². The lowest BCUT2D eigenvalue weighted by Crippen LogP contribution is -1.97. The molecule has 1 aliphatic rings. The van der Waals surface area contributed by atoms with Gasteiger partial charge in [0.25, 0.3) is 0 Å². The number of hydrogen-bond donors (Lipinski definition) is 1. The Morgan fingerprint density at radius 2 is 2.08 bits per heavy atom. The molecule has 0 bridgehead atoms. The van der Waals surface area contributed by atoms with Crippen LogP contribution in [0.5, 0.6) is 17.2 Å². The summed E-state index contributed by atoms with van der Waals surface area (Å²) in [6.07, 6.45) is 2.58. The Bertz CT molecular complexity index is 305. The predicted molar refractivity (Wildman–Crippen MR) is 48.3 cm³/mol. The molecule has 0 amide bonds. The Morgan fingerprint density at radius 3 is 2.69 bits per heavy atom. The van der Waals surface area contributed by atoms with Crippen molar-refractivity contribution in [1.82, 2.24) is 0 Å². The molecule has 1 aliphatic carbocycles. The van der Waals surface area contributed by atoms with Gasteiger partial charge < -0.3 is 14.6 Å². The van der Waals surface area contributed by atoms with Crippen LogP contribution in [0.1, 0.15) is 12.8 Å². The molecule has 0 spiro atoms. The molecule has 2 rings (SSSR count). The number of phenolic OH excluding ortho intramolecular Hbond substituents is 1. The lowest BCUT2D eigenvalue weighted by atomic mass is 10.3. The number of aromatic hydroxyl groups is 1. The standard InChI is InChI=1S/C10H12O3/c1-12-10-6-7(11)2-5-9(10)13-8-3-4-8/h2,5-6,8,11H,3-4H2,1H3. The first-order valence-electron chi connectivity index (χ1n) is 4.33. The zero-order valence-electron chi connectivity index (χ0n) is 7.49. The van der Waals surface area contributed by atoms with E-state index in [4.69, 9.17) is 9.47 Å². The van der Waals surface area contributed by atoms with Crippen LogP contribution in [0.25, 0.3) is 0 Å². The van der Waals surface area contributed by atoms with Gasteiger partial charge in [-0.2, -0.15) is 0 Å². The lowest BCUT2D eigenvalue weighted by Gasteiger charge is -2.09. The summed E-state index contributed by atoms with van der Waals surface area (Å²) in [5.74, 6) is 1.50. The molecule has 0 aromatic heterocycles. The summed E-state index contributed by atoms with van der Waals surface area (Å²) in [5, 5.41) is 9.18. The summed E-state index contributed by atoms with van der Waals surface area (Å²) in [4.78, 5) is 0. The topological polar surface area (TPSA) is 38.7 Å². The fourth-order valence-corrected chi connectivity index (χ4v) is 1.12. The number of methoxy groups -OCH3 is 1. The van der Waals surface area contributed by atoms with E-state index in [-0.39, 0.29) is 5.75 Å². The van der Waals surface area contributed by atoms with Gasteiger partial charge in [0, 0.05) is 6.07 Å². The van der Waals surface area contributed by atoms with Crippen LogP contribution in [0.4, 0.5) is 0 Å². The second kappa shape index (κ2) is 3.17. The third kappa shape index (κ3) is 1.86. The van der Waals surface area contributed by atoms with Crippen molar-refractivity contribution in [3.05, 3.63) is 18.2 Å². The van der Waals surface area contributed by atoms with Gasteiger partial charge in [0.15, 0.2) is 11.5 Å². The first kappa shape index (κ1) is 8.23. The van der Waals surface area contributed by atoms with Gasteiger partial charge in [0.05, 0.1) is 13.2 Å². The number of ether oxygens (including phenoxy) is 2. The van der Waals surface area contributed by atoms with E-state index in [1.54, 1.807) is 25.3 Å². The van der Waals surface area contributed by atoms with Crippen LogP contribution in [-0.2, 0) is 0 Å². The van der Waals surface area contributed by atoms with Crippen LogP contribution >= 0.6 is 0 Å². The van der Waals surface area contributed by atoms with Gasteiger partial charge in [-0.1, -0.05) is 0 Å². The van der Waals surface area contributed by atoms with Crippen LogP contribution in [0.15, 0.2) is 18.2 Å². The molecular weight excluding hydrogens is 168 g/mol. The summed E-state index contributed by atoms with van der Waals surface area (Å²) in [6, 6.07) is 4.88. The van der Waals surface area contributed by atoms with E-state index >= 15 is 0 Å². The van der Waals surface area contributed by atoms with Crippen LogP contribution in [-0.4, -0.2) is 18.3 Å². The molecule has 0 radical (unpaired) electrons. The fraction of sp³-hybridized carbons (Fsp3) is 0.400. The first-order valence-corrected chi connectivity index (χ1v) is 4.33. The van der Waals surface area contributed by atoms with Gasteiger partial charge in [-0.15, -0.1) is 0 Å². The van der Waals surface area contributed by atoms with Crippen LogP contribution in [0.2, 0.25) is 0 Å². The SMILES string of the molecule is COc1cc(O)ccc1OC1CC1. The second-order valence-electron chi connectivity index (χ2n) is 3.15. The van der Waals surface area contributed by atoms with Gasteiger partial charge in [0.1, 0.15) is 5.75 Å². The molecular formula is C10H12O3. The molecule has 13 heavy (non-hydrogen) atoms. The summed E-state index contributed by atoms with van der Waals surface area (Å²) in [7, 11) is 1.56. The number of hydrogen-bond acceptors (Lipinski definition) is 3. The van der Waals surface area contributed by atoms with Crippen molar-refractivity contribution in [2.75, 3.05) is 7.11 Å². The molecule has 70 valence electrons. The molecule has 1 N–H and O–H groups in total. The molecule has 1 aromatic rings. The summed E-state index contributed by atoms with van der Waals surface area (Å²) >= 11 is 0. The van der Waals surface area contributed by atoms with Crippen molar-refractivity contribution < 1.29 is 14.6 Å². The van der Waals surface area contributed by atoms with Gasteiger partial charge in [0.2, 0.25) is 0 Å². The maximum Gasteiger partial charge on any atom is 0.164 e. The minimum atomic E-state index is 0.194. The number of rotatable bonds is 3. The van der Waals surface area contributed by atoms with Gasteiger partial charge in [-0.05, 0) is 25.0 Å². The number of phenols is 1. The third-order valence-electron chi connectivity index (χ3n) is 1.97. The molecule has 0 atom stereocenters. The molecule has 1 fully saturated rings. The smallest absolute Gasteiger partial charge is 0.164 e. The van der Waals surface area contributed by atoms with E-state index in [2.05, 4.69) is 0 Å². The van der Waals surface area contributed by atoms with Crippen molar-refractivity contribution in [2.45, 2.75) is 18.9 Å². The molecule has 0 aliphatic heterocycles. The van der Waals surface area contributed by atoms with Crippen LogP contribution in [0.3, 0.4) is 0 Å². The molecule has 0 saturated heterocycles. The Kier molecular flexibility index (Phi) is 2.00. The largest absolute Gasteiger partial charge is 0.508 e. The highest BCUT2D eigenvalue weighted by atomic mass is 16.5. The monoisotopic (exact) mass is 180 g/mol. The summed E-state index contributed by atoms with van der Waals surface area (Å²) in [5.41, 5.74) is 0. The maximum atomic E-state index is 9.18. The van der Waals surface area contributed by atoms with Gasteiger partial charge in [-0.3, -0.25) is 0 Å². The zero-order chi connectivity index (χ0) is 9.26. The molecule has 3 nitrogen and oxygen atoms in total. The van der Waals surface area contributed by atoms with Crippen LogP contribution < -0.4 is 9.47 Å². The highest BCUT2D eigenvalue weighted by molar-refractivity contribution is 5.45. The fourth-order valence-electron chi connectivity index (χ4n) is 1.12. The zero-order valence-corrected chi connectivity index (χ0v) is 7.49. The molecule has 0 unspecified atom stereocenters. The predicted octanol–water partition coefficient (Wildman–Crippen LogP) is 1.94. The van der Waals surface area contributed by atoms with Crippen LogP contribution in [0, 0.1) is 0 Å². The summed E-state index contributed by atoms with van der Waals surface area (Å²) in [6.45, 7) is 0. The average molecular weight is 180 g/mol. The van der Waals surface area contributed by atoms with E-state index in [1.165, 1.54) is 0 Å². The van der Waals surface area contributed by atoms with E-state index in [9.17, 15) is 5.11 Å². The maximum absolute atomic E-state index is 9.18. The molecule has 3 heteroatoms. The highest BCUT2D eigenvalue weighted by Crippen LogP contribution is 2.35. The van der Waals surface area contributed by atoms with E-state index in [0.717, 1.165) is 12.8 Å². The first-order chi connectivity index (χ1) is 6.29. The highest BCUT2D eigenvalue weighted by Gasteiger charge is 2.24. The van der Waals surface area contributed by atoms with Crippen molar-refractivity contribution >= 4 is 0 Å². The molecule has 0 heterocycles. The molecule has 1 aromatic carbocycles. The minimum Gasteiger partial charge on any atom is -0.508 e. The van der Waals surface area contributed by atoms with Crippen molar-refractivity contribution in [3.8, 4) is 17.2 Å². The third-order valence-corrected chi connectivity index (χ3v) is 1.97. The minimum absolute atomic E-state index is 0.194. The van der Waals surface area contributed by atoms with Crippen molar-refractivity contribution in [3.63, 3.8) is 0 Å². The van der Waals surface area contributed by atoms with Gasteiger partial charge in [-0.25, -0.2) is 0 Å². The summed E-state index contributed by atoms with van der Waals surface area (Å²) < 4.78 is 10.6. The Hall–Kier alpha value is -1.38. The molecule has 1 saturated carbocycles. The van der Waals surface area contributed by atoms with Crippen molar-refractivity contribution in [1.29, 1.82) is 0 Å².